The number of aliphatic hydroxyl groups excluding tert-OH is 1. The van der Waals surface area contributed by atoms with Crippen LogP contribution in [0.1, 0.15) is 33.9 Å². The topological polar surface area (TPSA) is 79.7 Å². The van der Waals surface area contributed by atoms with Crippen molar-refractivity contribution in [3.63, 3.8) is 0 Å². The molecule has 0 radical (unpaired) electrons. The minimum absolute atomic E-state index is 0.0802. The van der Waals surface area contributed by atoms with Crippen LogP contribution in [0.15, 0.2) is 60.2 Å². The molecule has 182 valence electrons. The van der Waals surface area contributed by atoms with Crippen LogP contribution in [0.3, 0.4) is 0 Å². The molecule has 2 heterocycles. The lowest BCUT2D eigenvalue weighted by atomic mass is 9.95. The number of aromatic nitrogens is 1. The van der Waals surface area contributed by atoms with Crippen molar-refractivity contribution in [3.05, 3.63) is 93.8 Å². The SMILES string of the molecule is COc1ccc(C(O)=C2C(=O)C(=O)N(c3nc4c(C)cc(C)cc4s3)C2c2ccc(F)cc2)cc1C. The first-order valence-electron chi connectivity index (χ1n) is 11.3. The zero-order valence-electron chi connectivity index (χ0n) is 20.1. The van der Waals surface area contributed by atoms with E-state index < -0.39 is 23.5 Å². The molecule has 0 bridgehead atoms. The molecule has 1 atom stereocenters. The fraction of sp³-hybridized carbons (Fsp3) is 0.179. The van der Waals surface area contributed by atoms with Gasteiger partial charge in [0.15, 0.2) is 5.13 Å². The Morgan fingerprint density at radius 1 is 1.03 bits per heavy atom. The normalized spacial score (nSPS) is 17.2. The average Bonchev–Trinajstić information content (AvgIpc) is 3.38. The maximum atomic E-state index is 13.8. The van der Waals surface area contributed by atoms with E-state index in [9.17, 15) is 19.1 Å². The Labute approximate surface area is 211 Å². The number of aliphatic hydroxyl groups is 1. The van der Waals surface area contributed by atoms with Gasteiger partial charge < -0.3 is 9.84 Å². The Hall–Kier alpha value is -4.04. The van der Waals surface area contributed by atoms with Crippen molar-refractivity contribution in [2.45, 2.75) is 26.8 Å². The lowest BCUT2D eigenvalue weighted by molar-refractivity contribution is -0.132. The van der Waals surface area contributed by atoms with E-state index in [-0.39, 0.29) is 11.3 Å². The van der Waals surface area contributed by atoms with E-state index >= 15 is 0 Å². The summed E-state index contributed by atoms with van der Waals surface area (Å²) in [7, 11) is 1.54. The number of aryl methyl sites for hydroxylation is 3. The number of hydrogen-bond donors (Lipinski definition) is 1. The summed E-state index contributed by atoms with van der Waals surface area (Å²) in [5.41, 5.74) is 4.28. The Bertz CT molecular complexity index is 1570. The molecule has 36 heavy (non-hydrogen) atoms. The summed E-state index contributed by atoms with van der Waals surface area (Å²) < 4.78 is 20.0. The van der Waals surface area contributed by atoms with Gasteiger partial charge in [0.2, 0.25) is 0 Å². The minimum Gasteiger partial charge on any atom is -0.507 e. The number of carbonyl (C=O) groups excluding carboxylic acids is 2. The van der Waals surface area contributed by atoms with E-state index in [2.05, 4.69) is 0 Å². The molecule has 1 fully saturated rings. The van der Waals surface area contributed by atoms with Gasteiger partial charge in [0.25, 0.3) is 5.78 Å². The summed E-state index contributed by atoms with van der Waals surface area (Å²) in [6.07, 6.45) is 0. The van der Waals surface area contributed by atoms with Crippen molar-refractivity contribution < 1.29 is 23.8 Å². The molecule has 4 aromatic rings. The van der Waals surface area contributed by atoms with Crippen LogP contribution in [0.4, 0.5) is 9.52 Å². The average molecular weight is 503 g/mol. The van der Waals surface area contributed by atoms with Gasteiger partial charge in [0, 0.05) is 5.56 Å². The van der Waals surface area contributed by atoms with Crippen LogP contribution in [0.2, 0.25) is 0 Å². The molecule has 0 saturated carbocycles. The Balaban J connectivity index is 1.73. The van der Waals surface area contributed by atoms with Gasteiger partial charge in [-0.2, -0.15) is 0 Å². The molecule has 1 aliphatic heterocycles. The number of benzene rings is 3. The van der Waals surface area contributed by atoms with Crippen LogP contribution in [-0.2, 0) is 9.59 Å². The molecule has 1 aliphatic rings. The van der Waals surface area contributed by atoms with Gasteiger partial charge in [0.05, 0.1) is 28.9 Å². The van der Waals surface area contributed by atoms with E-state index in [4.69, 9.17) is 9.72 Å². The molecule has 3 aromatic carbocycles. The highest BCUT2D eigenvalue weighted by molar-refractivity contribution is 7.22. The van der Waals surface area contributed by atoms with E-state index in [1.807, 2.05) is 32.9 Å². The van der Waals surface area contributed by atoms with Crippen molar-refractivity contribution >= 4 is 44.1 Å². The number of thiazole rings is 1. The number of methoxy groups -OCH3 is 1. The number of amides is 1. The summed E-state index contributed by atoms with van der Waals surface area (Å²) in [5, 5.41) is 11.6. The van der Waals surface area contributed by atoms with E-state index in [0.717, 1.165) is 26.9 Å². The summed E-state index contributed by atoms with van der Waals surface area (Å²) in [5.74, 6) is -1.77. The number of hydrogen-bond acceptors (Lipinski definition) is 6. The zero-order valence-corrected chi connectivity index (χ0v) is 20.9. The van der Waals surface area contributed by atoms with E-state index in [0.29, 0.717) is 22.0 Å². The van der Waals surface area contributed by atoms with Gasteiger partial charge in [0.1, 0.15) is 17.3 Å². The molecule has 8 heteroatoms. The lowest BCUT2D eigenvalue weighted by Gasteiger charge is -2.23. The number of nitrogens with zero attached hydrogens (tertiary/aromatic N) is 2. The molecule has 1 aromatic heterocycles. The van der Waals surface area contributed by atoms with Crippen LogP contribution < -0.4 is 9.64 Å². The third-order valence-electron chi connectivity index (χ3n) is 6.32. The highest BCUT2D eigenvalue weighted by Crippen LogP contribution is 2.45. The zero-order chi connectivity index (χ0) is 25.7. The third kappa shape index (κ3) is 3.83. The largest absolute Gasteiger partial charge is 0.507 e. The van der Waals surface area contributed by atoms with Crippen molar-refractivity contribution in [2.75, 3.05) is 12.0 Å². The summed E-state index contributed by atoms with van der Waals surface area (Å²) in [6, 6.07) is 13.5. The molecule has 5 rings (SSSR count). The molecule has 1 amide bonds. The van der Waals surface area contributed by atoms with Crippen molar-refractivity contribution in [2.24, 2.45) is 0 Å². The van der Waals surface area contributed by atoms with E-state index in [1.165, 1.54) is 40.5 Å². The van der Waals surface area contributed by atoms with Gasteiger partial charge in [-0.25, -0.2) is 9.37 Å². The smallest absolute Gasteiger partial charge is 0.301 e. The molecular formula is C28H23FN2O4S. The summed E-state index contributed by atoms with van der Waals surface area (Å²) >= 11 is 1.29. The first-order chi connectivity index (χ1) is 17.2. The second-order valence-electron chi connectivity index (χ2n) is 8.83. The number of anilines is 1. The van der Waals surface area contributed by atoms with Crippen LogP contribution >= 0.6 is 11.3 Å². The standard InChI is InChI=1S/C28H23FN2O4S/c1-14-11-16(3)23-21(12-14)36-28(30-23)31-24(17-5-8-19(29)9-6-17)22(26(33)27(31)34)25(32)18-7-10-20(35-4)15(2)13-18/h5-13,24,32H,1-4H3. The fourth-order valence-electron chi connectivity index (χ4n) is 4.63. The molecule has 1 saturated heterocycles. The number of Topliss-reactive ketones (excluding diaryl/α,β-unsaturated/α-hetero) is 1. The van der Waals surface area contributed by atoms with Gasteiger partial charge in [-0.05, 0) is 79.4 Å². The molecule has 0 spiro atoms. The van der Waals surface area contributed by atoms with Gasteiger partial charge in [-0.1, -0.05) is 29.5 Å². The molecule has 6 nitrogen and oxygen atoms in total. The fourth-order valence-corrected chi connectivity index (χ4v) is 5.80. The number of rotatable bonds is 4. The van der Waals surface area contributed by atoms with Crippen LogP contribution in [-0.4, -0.2) is 28.9 Å². The second kappa shape index (κ2) is 8.87. The predicted octanol–water partition coefficient (Wildman–Crippen LogP) is 6.00. The van der Waals surface area contributed by atoms with Crippen LogP contribution in [0.5, 0.6) is 5.75 Å². The van der Waals surface area contributed by atoms with Gasteiger partial charge >= 0.3 is 5.91 Å². The lowest BCUT2D eigenvalue weighted by Crippen LogP contribution is -2.29. The number of ether oxygens (including phenoxy) is 1. The van der Waals surface area contributed by atoms with Crippen molar-refractivity contribution in [3.8, 4) is 5.75 Å². The quantitative estimate of drug-likeness (QED) is 0.210. The summed E-state index contributed by atoms with van der Waals surface area (Å²) in [6.45, 7) is 5.74. The first-order valence-corrected chi connectivity index (χ1v) is 12.1. The molecule has 0 aliphatic carbocycles. The third-order valence-corrected chi connectivity index (χ3v) is 7.32. The monoisotopic (exact) mass is 502 g/mol. The maximum absolute atomic E-state index is 13.8. The van der Waals surface area contributed by atoms with Crippen molar-refractivity contribution in [1.29, 1.82) is 0 Å². The van der Waals surface area contributed by atoms with Crippen molar-refractivity contribution in [1.82, 2.24) is 4.98 Å². The minimum atomic E-state index is -0.977. The number of halogens is 1. The first kappa shape index (κ1) is 23.7. The highest BCUT2D eigenvalue weighted by atomic mass is 32.1. The van der Waals surface area contributed by atoms with Gasteiger partial charge in [-0.3, -0.25) is 14.5 Å². The maximum Gasteiger partial charge on any atom is 0.301 e. The number of ketones is 1. The predicted molar refractivity (Wildman–Crippen MR) is 138 cm³/mol. The van der Waals surface area contributed by atoms with E-state index in [1.54, 1.807) is 25.3 Å². The van der Waals surface area contributed by atoms with Crippen LogP contribution in [0.25, 0.3) is 16.0 Å². The Kier molecular flexibility index (Phi) is 5.84. The molecular weight excluding hydrogens is 479 g/mol. The molecule has 1 unspecified atom stereocenters. The summed E-state index contributed by atoms with van der Waals surface area (Å²) in [4.78, 5) is 32.8. The van der Waals surface area contributed by atoms with Gasteiger partial charge in [-0.15, -0.1) is 0 Å². The second-order valence-corrected chi connectivity index (χ2v) is 9.84. The Morgan fingerprint density at radius 2 is 1.75 bits per heavy atom. The Morgan fingerprint density at radius 3 is 2.42 bits per heavy atom. The number of carbonyl (C=O) groups is 2. The highest BCUT2D eigenvalue weighted by Gasteiger charge is 2.48. The van der Waals surface area contributed by atoms with Crippen LogP contribution in [0, 0.1) is 26.6 Å². The number of fused-ring (bicyclic) bond motifs is 1. The molecule has 1 N–H and O–H groups in total.